The third-order valence-electron chi connectivity index (χ3n) is 5.84. The Labute approximate surface area is 216 Å². The van der Waals surface area contributed by atoms with Crippen molar-refractivity contribution >= 4 is 40.0 Å². The highest BCUT2D eigenvalue weighted by Crippen LogP contribution is 2.37. The van der Waals surface area contributed by atoms with E-state index in [4.69, 9.17) is 22.1 Å². The van der Waals surface area contributed by atoms with Crippen molar-refractivity contribution in [3.05, 3.63) is 71.5 Å². The van der Waals surface area contributed by atoms with Crippen LogP contribution in [-0.4, -0.2) is 29.2 Å². The van der Waals surface area contributed by atoms with Crippen LogP contribution in [0.5, 0.6) is 5.75 Å². The maximum Gasteiger partial charge on any atom is 0.417 e. The molecule has 11 heteroatoms. The molecule has 0 aliphatic heterocycles. The Kier molecular flexibility index (Phi) is 7.77. The number of benzene rings is 2. The Bertz CT molecular complexity index is 1420. The zero-order valence-corrected chi connectivity index (χ0v) is 20.7. The number of unbranched alkanes of at least 4 members (excludes halogenated alkanes) is 1. The van der Waals surface area contributed by atoms with Crippen LogP contribution in [0.4, 0.5) is 29.5 Å². The number of carbonyl (C=O) groups excluding carboxylic acids is 1. The summed E-state index contributed by atoms with van der Waals surface area (Å²) in [5, 5.41) is 5.50. The minimum atomic E-state index is -4.61. The first kappa shape index (κ1) is 26.2. The van der Waals surface area contributed by atoms with E-state index in [-0.39, 0.29) is 5.69 Å². The molecule has 0 saturated carbocycles. The van der Waals surface area contributed by atoms with Crippen molar-refractivity contribution < 1.29 is 22.7 Å². The standard InChI is InChI=1S/C26H25ClF3N5O2/c1-37-18-6-4-5-16(13-18)19-15-35(22-9-11-32-24(31)23(19)22)12-3-2-10-33-25(36)34-17-7-8-21(27)20(14-17)26(28,29)30/h4-9,11,13-15H,2-3,10,12H2,1H3,(H2,31,32)(H2,33,34,36). The van der Waals surface area contributed by atoms with Gasteiger partial charge in [0.05, 0.1) is 23.2 Å². The maximum absolute atomic E-state index is 13.0. The molecule has 37 heavy (non-hydrogen) atoms. The van der Waals surface area contributed by atoms with Crippen LogP contribution in [-0.2, 0) is 12.7 Å². The summed E-state index contributed by atoms with van der Waals surface area (Å²) >= 11 is 5.61. The summed E-state index contributed by atoms with van der Waals surface area (Å²) in [6, 6.07) is 12.2. The van der Waals surface area contributed by atoms with E-state index >= 15 is 0 Å². The third-order valence-corrected chi connectivity index (χ3v) is 6.17. The number of halogens is 4. The zero-order chi connectivity index (χ0) is 26.6. The summed E-state index contributed by atoms with van der Waals surface area (Å²) in [5.41, 5.74) is 8.05. The minimum Gasteiger partial charge on any atom is -0.497 e. The lowest BCUT2D eigenvalue weighted by Gasteiger charge is -2.12. The van der Waals surface area contributed by atoms with Gasteiger partial charge in [0.25, 0.3) is 0 Å². The van der Waals surface area contributed by atoms with E-state index in [1.54, 1.807) is 13.3 Å². The van der Waals surface area contributed by atoms with Crippen LogP contribution in [0.3, 0.4) is 0 Å². The number of nitrogen functional groups attached to an aromatic ring is 1. The largest absolute Gasteiger partial charge is 0.497 e. The number of pyridine rings is 1. The number of aryl methyl sites for hydroxylation is 1. The normalized spacial score (nSPS) is 11.5. The SMILES string of the molecule is COc1cccc(-c2cn(CCCCNC(=O)Nc3ccc(Cl)c(C(F)(F)F)c3)c3ccnc(N)c23)c1. The molecule has 4 aromatic rings. The highest BCUT2D eigenvalue weighted by atomic mass is 35.5. The Hall–Kier alpha value is -3.92. The number of fused-ring (bicyclic) bond motifs is 1. The van der Waals surface area contributed by atoms with Crippen molar-refractivity contribution in [3.63, 3.8) is 0 Å². The number of amides is 2. The van der Waals surface area contributed by atoms with Crippen molar-refractivity contribution in [1.82, 2.24) is 14.9 Å². The molecule has 7 nitrogen and oxygen atoms in total. The molecule has 0 aliphatic carbocycles. The van der Waals surface area contributed by atoms with Crippen LogP contribution < -0.4 is 21.1 Å². The fourth-order valence-electron chi connectivity index (χ4n) is 4.07. The molecule has 4 rings (SSSR count). The van der Waals surface area contributed by atoms with Gasteiger partial charge in [-0.15, -0.1) is 0 Å². The summed E-state index contributed by atoms with van der Waals surface area (Å²) in [5.74, 6) is 1.17. The average Bonchev–Trinajstić information content (AvgIpc) is 3.24. The first-order chi connectivity index (χ1) is 17.7. The molecule has 0 aliphatic rings. The second-order valence-electron chi connectivity index (χ2n) is 8.34. The third kappa shape index (κ3) is 6.08. The van der Waals surface area contributed by atoms with Gasteiger partial charge < -0.3 is 25.7 Å². The van der Waals surface area contributed by atoms with E-state index in [1.165, 1.54) is 6.07 Å². The minimum absolute atomic E-state index is 0.00399. The fourth-order valence-corrected chi connectivity index (χ4v) is 4.30. The molecule has 0 bridgehead atoms. The number of hydrogen-bond acceptors (Lipinski definition) is 4. The van der Waals surface area contributed by atoms with Crippen molar-refractivity contribution in [3.8, 4) is 16.9 Å². The number of ether oxygens (including phenoxy) is 1. The van der Waals surface area contributed by atoms with Crippen molar-refractivity contribution in [2.24, 2.45) is 0 Å². The quantitative estimate of drug-likeness (QED) is 0.224. The smallest absolute Gasteiger partial charge is 0.417 e. The number of rotatable bonds is 8. The van der Waals surface area contributed by atoms with Gasteiger partial charge in [0, 0.05) is 42.1 Å². The molecule has 2 aromatic carbocycles. The summed E-state index contributed by atoms with van der Waals surface area (Å²) < 4.78 is 46.5. The number of carbonyl (C=O) groups is 1. The van der Waals surface area contributed by atoms with Crippen LogP contribution in [0.1, 0.15) is 18.4 Å². The maximum atomic E-state index is 13.0. The Balaban J connectivity index is 1.36. The van der Waals surface area contributed by atoms with Crippen molar-refractivity contribution in [2.45, 2.75) is 25.6 Å². The topological polar surface area (TPSA) is 94.2 Å². The summed E-state index contributed by atoms with van der Waals surface area (Å²) in [6.07, 6.45) is 0.466. The van der Waals surface area contributed by atoms with Gasteiger partial charge in [0.2, 0.25) is 0 Å². The summed E-state index contributed by atoms with van der Waals surface area (Å²) in [7, 11) is 1.61. The molecule has 0 fully saturated rings. The van der Waals surface area contributed by atoms with Crippen LogP contribution >= 0.6 is 11.6 Å². The predicted molar refractivity (Wildman–Crippen MR) is 139 cm³/mol. The number of hydrogen-bond donors (Lipinski definition) is 3. The van der Waals surface area contributed by atoms with E-state index in [1.807, 2.05) is 36.5 Å². The molecule has 2 aromatic heterocycles. The van der Waals surface area contributed by atoms with Gasteiger partial charge in [-0.25, -0.2) is 9.78 Å². The molecule has 194 valence electrons. The lowest BCUT2D eigenvalue weighted by Crippen LogP contribution is -2.29. The van der Waals surface area contributed by atoms with Crippen LogP contribution in [0.15, 0.2) is 60.9 Å². The van der Waals surface area contributed by atoms with Gasteiger partial charge in [-0.1, -0.05) is 23.7 Å². The highest BCUT2D eigenvalue weighted by Gasteiger charge is 2.33. The first-order valence-electron chi connectivity index (χ1n) is 11.5. The number of nitrogens with two attached hydrogens (primary N) is 1. The average molecular weight is 532 g/mol. The van der Waals surface area contributed by atoms with Gasteiger partial charge in [0.1, 0.15) is 11.6 Å². The Morgan fingerprint density at radius 3 is 2.73 bits per heavy atom. The molecular formula is C26H25ClF3N5O2. The molecule has 0 atom stereocenters. The lowest BCUT2D eigenvalue weighted by atomic mass is 10.1. The second-order valence-corrected chi connectivity index (χ2v) is 8.75. The number of alkyl halides is 3. The van der Waals surface area contributed by atoms with Crippen molar-refractivity contribution in [1.29, 1.82) is 0 Å². The fraction of sp³-hybridized carbons (Fsp3) is 0.231. The van der Waals surface area contributed by atoms with Gasteiger partial charge in [-0.3, -0.25) is 0 Å². The Morgan fingerprint density at radius 2 is 1.97 bits per heavy atom. The van der Waals surface area contributed by atoms with Crippen LogP contribution in [0, 0.1) is 0 Å². The number of urea groups is 1. The van der Waals surface area contributed by atoms with Crippen LogP contribution in [0.2, 0.25) is 5.02 Å². The van der Waals surface area contributed by atoms with E-state index in [0.717, 1.165) is 46.3 Å². The van der Waals surface area contributed by atoms with E-state index < -0.39 is 22.8 Å². The highest BCUT2D eigenvalue weighted by molar-refractivity contribution is 6.31. The molecule has 0 spiro atoms. The van der Waals surface area contributed by atoms with Crippen LogP contribution in [0.25, 0.3) is 22.0 Å². The molecule has 2 heterocycles. The molecular weight excluding hydrogens is 507 g/mol. The molecule has 4 N–H and O–H groups in total. The zero-order valence-electron chi connectivity index (χ0n) is 19.9. The number of nitrogens with zero attached hydrogens (tertiary/aromatic N) is 2. The molecule has 0 radical (unpaired) electrons. The molecule has 0 unspecified atom stereocenters. The van der Waals surface area contributed by atoms with Gasteiger partial charge in [0.15, 0.2) is 0 Å². The predicted octanol–water partition coefficient (Wildman–Crippen LogP) is 6.57. The summed E-state index contributed by atoms with van der Waals surface area (Å²) in [6.45, 7) is 1.01. The number of anilines is 2. The van der Waals surface area contributed by atoms with E-state index in [9.17, 15) is 18.0 Å². The van der Waals surface area contributed by atoms with E-state index in [0.29, 0.717) is 25.3 Å². The summed E-state index contributed by atoms with van der Waals surface area (Å²) in [4.78, 5) is 16.4. The second kappa shape index (κ2) is 11.0. The monoisotopic (exact) mass is 531 g/mol. The molecule has 0 saturated heterocycles. The number of aromatic nitrogens is 2. The first-order valence-corrected chi connectivity index (χ1v) is 11.8. The van der Waals surface area contributed by atoms with Gasteiger partial charge in [-0.2, -0.15) is 13.2 Å². The van der Waals surface area contributed by atoms with Gasteiger partial charge >= 0.3 is 12.2 Å². The van der Waals surface area contributed by atoms with E-state index in [2.05, 4.69) is 20.2 Å². The van der Waals surface area contributed by atoms with Crippen molar-refractivity contribution in [2.75, 3.05) is 24.7 Å². The van der Waals surface area contributed by atoms with Gasteiger partial charge in [-0.05, 0) is 54.8 Å². The number of methoxy groups -OCH3 is 1. The Morgan fingerprint density at radius 1 is 1.16 bits per heavy atom. The number of nitrogens with one attached hydrogen (secondary N) is 2. The lowest BCUT2D eigenvalue weighted by molar-refractivity contribution is -0.137. The molecule has 2 amide bonds.